The van der Waals surface area contributed by atoms with Crippen LogP contribution in [-0.2, 0) is 5.41 Å². The molecule has 3 heteroatoms. The zero-order valence-corrected chi connectivity index (χ0v) is 33.4. The summed E-state index contributed by atoms with van der Waals surface area (Å²) < 4.78 is 9.07. The van der Waals surface area contributed by atoms with Gasteiger partial charge in [-0.1, -0.05) is 159 Å². The van der Waals surface area contributed by atoms with E-state index in [4.69, 9.17) is 4.42 Å². The zero-order chi connectivity index (χ0) is 40.0. The molecule has 0 amide bonds. The Bertz CT molecular complexity index is 3460. The van der Waals surface area contributed by atoms with Crippen molar-refractivity contribution in [3.05, 3.63) is 217 Å². The van der Waals surface area contributed by atoms with Gasteiger partial charge in [-0.25, -0.2) is 0 Å². The molecule has 0 N–H and O–H groups in total. The third-order valence-electron chi connectivity index (χ3n) is 12.8. The van der Waals surface area contributed by atoms with E-state index < -0.39 is 0 Å². The molecule has 3 nitrogen and oxygen atoms in total. The number of hydrogen-bond donors (Lipinski definition) is 0. The molecule has 0 saturated heterocycles. The Morgan fingerprint density at radius 3 is 1.88 bits per heavy atom. The maximum absolute atomic E-state index is 6.66. The van der Waals surface area contributed by atoms with Crippen molar-refractivity contribution in [3.8, 4) is 39.1 Å². The topological polar surface area (TPSA) is 21.3 Å². The summed E-state index contributed by atoms with van der Waals surface area (Å²) in [7, 11) is 0. The van der Waals surface area contributed by atoms with E-state index in [2.05, 4.69) is 230 Å². The molecular weight excluding hydrogens is 729 g/mol. The van der Waals surface area contributed by atoms with E-state index >= 15 is 0 Å². The van der Waals surface area contributed by atoms with Crippen LogP contribution in [0.1, 0.15) is 25.0 Å². The summed E-state index contributed by atoms with van der Waals surface area (Å²) in [5.74, 6) is 0. The standard InChI is InChI=1S/C57H40N2O/c1-57(2)48-26-14-11-22-42(48)43-31-29-39(35-49(43)57)58(40-30-32-45-44-23-12-15-27-50(44)59(52(45)36-40)38-19-7-4-8-20-38)51-33-34-54-56(47-25-13-16-28-53(47)60-54)55(51)46-24-10-9-21-41(46)37-17-5-3-6-18-37/h3-36H,1-2H3. The van der Waals surface area contributed by atoms with Crippen LogP contribution in [0.2, 0.25) is 0 Å². The Morgan fingerprint density at radius 2 is 1.05 bits per heavy atom. The van der Waals surface area contributed by atoms with Gasteiger partial charge in [-0.2, -0.15) is 0 Å². The number of hydrogen-bond acceptors (Lipinski definition) is 2. The van der Waals surface area contributed by atoms with Gasteiger partial charge >= 0.3 is 0 Å². The maximum atomic E-state index is 6.66. The number of anilines is 3. The molecule has 0 spiro atoms. The molecule has 1 aliphatic carbocycles. The minimum atomic E-state index is -0.176. The number of aromatic nitrogens is 1. The molecule has 0 unspecified atom stereocenters. The van der Waals surface area contributed by atoms with Gasteiger partial charge in [0.2, 0.25) is 0 Å². The summed E-state index contributed by atoms with van der Waals surface area (Å²) in [5, 5.41) is 4.65. The predicted octanol–water partition coefficient (Wildman–Crippen LogP) is 15.8. The van der Waals surface area contributed by atoms with Crippen LogP contribution in [0, 0.1) is 0 Å². The van der Waals surface area contributed by atoms with Gasteiger partial charge in [0, 0.05) is 49.6 Å². The average molecular weight is 769 g/mol. The van der Waals surface area contributed by atoms with Gasteiger partial charge < -0.3 is 13.9 Å². The molecule has 284 valence electrons. The van der Waals surface area contributed by atoms with Crippen molar-refractivity contribution in [3.63, 3.8) is 0 Å². The number of nitrogens with zero attached hydrogens (tertiary/aromatic N) is 2. The van der Waals surface area contributed by atoms with Gasteiger partial charge in [0.05, 0.1) is 16.7 Å². The number of furan rings is 1. The Morgan fingerprint density at radius 1 is 0.433 bits per heavy atom. The highest BCUT2D eigenvalue weighted by Crippen LogP contribution is 2.53. The first kappa shape index (κ1) is 34.4. The van der Waals surface area contributed by atoms with E-state index in [1.807, 2.05) is 0 Å². The average Bonchev–Trinajstić information content (AvgIpc) is 3.92. The lowest BCUT2D eigenvalue weighted by Gasteiger charge is -2.30. The van der Waals surface area contributed by atoms with Gasteiger partial charge in [-0.15, -0.1) is 0 Å². The molecule has 60 heavy (non-hydrogen) atoms. The molecule has 0 aliphatic heterocycles. The Labute approximate surface area is 349 Å². The molecule has 11 aromatic rings. The van der Waals surface area contributed by atoms with Gasteiger partial charge in [-0.05, 0) is 99.6 Å². The van der Waals surface area contributed by atoms with Crippen LogP contribution in [0.4, 0.5) is 17.1 Å². The number of rotatable bonds is 6. The Kier molecular flexibility index (Phi) is 7.58. The molecule has 0 bridgehead atoms. The van der Waals surface area contributed by atoms with E-state index in [1.165, 1.54) is 49.7 Å². The van der Waals surface area contributed by atoms with Gasteiger partial charge in [0.1, 0.15) is 11.2 Å². The van der Waals surface area contributed by atoms with Crippen LogP contribution < -0.4 is 4.90 Å². The number of fused-ring (bicyclic) bond motifs is 9. The van der Waals surface area contributed by atoms with Crippen molar-refractivity contribution >= 4 is 60.8 Å². The first-order chi connectivity index (χ1) is 29.5. The SMILES string of the molecule is CC1(C)c2ccccc2-c2ccc(N(c3ccc4c5ccccc5n(-c5ccccc5)c4c3)c3ccc4oc5ccccc5c4c3-c3ccccc3-c3ccccc3)cc21. The predicted molar refractivity (Wildman–Crippen MR) is 251 cm³/mol. The highest BCUT2D eigenvalue weighted by molar-refractivity contribution is 6.18. The second-order valence-corrected chi connectivity index (χ2v) is 16.5. The van der Waals surface area contributed by atoms with Crippen molar-refractivity contribution < 1.29 is 4.42 Å². The fourth-order valence-corrected chi connectivity index (χ4v) is 10.0. The molecule has 9 aromatic carbocycles. The Hall–Kier alpha value is -7.62. The second kappa shape index (κ2) is 13.2. The fourth-order valence-electron chi connectivity index (χ4n) is 10.0. The van der Waals surface area contributed by atoms with Crippen molar-refractivity contribution in [1.29, 1.82) is 0 Å². The lowest BCUT2D eigenvalue weighted by atomic mass is 9.82. The van der Waals surface area contributed by atoms with E-state index in [-0.39, 0.29) is 5.41 Å². The zero-order valence-electron chi connectivity index (χ0n) is 33.4. The number of benzene rings is 9. The first-order valence-electron chi connectivity index (χ1n) is 20.8. The normalized spacial score (nSPS) is 13.0. The third kappa shape index (κ3) is 5.09. The summed E-state index contributed by atoms with van der Waals surface area (Å²) >= 11 is 0. The molecule has 0 radical (unpaired) electrons. The smallest absolute Gasteiger partial charge is 0.136 e. The fraction of sp³-hybridized carbons (Fsp3) is 0.0526. The Balaban J connectivity index is 1.20. The van der Waals surface area contributed by atoms with E-state index in [0.29, 0.717) is 0 Å². The lowest BCUT2D eigenvalue weighted by Crippen LogP contribution is -2.17. The second-order valence-electron chi connectivity index (χ2n) is 16.5. The van der Waals surface area contributed by atoms with Crippen molar-refractivity contribution in [2.75, 3.05) is 4.90 Å². The molecule has 1 aliphatic rings. The first-order valence-corrected chi connectivity index (χ1v) is 20.8. The molecule has 12 rings (SSSR count). The monoisotopic (exact) mass is 768 g/mol. The molecule has 0 atom stereocenters. The van der Waals surface area contributed by atoms with E-state index in [0.717, 1.165) is 61.3 Å². The van der Waals surface area contributed by atoms with Crippen LogP contribution in [0.15, 0.2) is 211 Å². The van der Waals surface area contributed by atoms with E-state index in [1.54, 1.807) is 0 Å². The van der Waals surface area contributed by atoms with Gasteiger partial charge in [0.15, 0.2) is 0 Å². The lowest BCUT2D eigenvalue weighted by molar-refractivity contribution is 0.660. The molecule has 0 saturated carbocycles. The van der Waals surface area contributed by atoms with Gasteiger partial charge in [0.25, 0.3) is 0 Å². The largest absolute Gasteiger partial charge is 0.456 e. The molecular formula is C57H40N2O. The van der Waals surface area contributed by atoms with Crippen LogP contribution in [0.3, 0.4) is 0 Å². The highest BCUT2D eigenvalue weighted by atomic mass is 16.3. The van der Waals surface area contributed by atoms with Crippen LogP contribution in [0.5, 0.6) is 0 Å². The van der Waals surface area contributed by atoms with Gasteiger partial charge in [-0.3, -0.25) is 0 Å². The molecule has 2 aromatic heterocycles. The summed E-state index contributed by atoms with van der Waals surface area (Å²) in [6.45, 7) is 4.72. The minimum absolute atomic E-state index is 0.176. The highest BCUT2D eigenvalue weighted by Gasteiger charge is 2.36. The summed E-state index contributed by atoms with van der Waals surface area (Å²) in [6, 6.07) is 75.0. The van der Waals surface area contributed by atoms with Crippen LogP contribution in [0.25, 0.3) is 82.8 Å². The van der Waals surface area contributed by atoms with E-state index in [9.17, 15) is 0 Å². The third-order valence-corrected chi connectivity index (χ3v) is 12.8. The van der Waals surface area contributed by atoms with Crippen LogP contribution in [-0.4, -0.2) is 4.57 Å². The summed E-state index contributed by atoms with van der Waals surface area (Å²) in [6.07, 6.45) is 0. The minimum Gasteiger partial charge on any atom is -0.456 e. The number of para-hydroxylation sites is 3. The van der Waals surface area contributed by atoms with Crippen molar-refractivity contribution in [2.45, 2.75) is 19.3 Å². The summed E-state index contributed by atoms with van der Waals surface area (Å²) in [4.78, 5) is 2.49. The van der Waals surface area contributed by atoms with Crippen LogP contribution >= 0.6 is 0 Å². The van der Waals surface area contributed by atoms with Crippen molar-refractivity contribution in [2.24, 2.45) is 0 Å². The maximum Gasteiger partial charge on any atom is 0.136 e. The molecule has 0 fully saturated rings. The molecule has 2 heterocycles. The van der Waals surface area contributed by atoms with Crippen molar-refractivity contribution in [1.82, 2.24) is 4.57 Å². The quantitative estimate of drug-likeness (QED) is 0.168. The summed E-state index contributed by atoms with van der Waals surface area (Å²) in [5.41, 5.74) is 18.2.